The quantitative estimate of drug-likeness (QED) is 0.488. The zero-order valence-corrected chi connectivity index (χ0v) is 10.2. The Morgan fingerprint density at radius 2 is 1.53 bits per heavy atom. The number of furan rings is 1. The van der Waals surface area contributed by atoms with Crippen molar-refractivity contribution in [1.82, 2.24) is 4.98 Å². The number of fused-ring (bicyclic) bond motifs is 3. The lowest BCUT2D eigenvalue weighted by atomic mass is 10.1. The molecule has 0 amide bonds. The van der Waals surface area contributed by atoms with Crippen LogP contribution in [0, 0.1) is 0 Å². The summed E-state index contributed by atoms with van der Waals surface area (Å²) < 4.78 is 6.00. The minimum atomic E-state index is 0.905. The van der Waals surface area contributed by atoms with Gasteiger partial charge < -0.3 is 4.42 Å². The van der Waals surface area contributed by atoms with Gasteiger partial charge >= 0.3 is 0 Å². The van der Waals surface area contributed by atoms with Gasteiger partial charge in [-0.2, -0.15) is 0 Å². The predicted molar refractivity (Wildman–Crippen MR) is 77.0 cm³/mol. The Kier molecular flexibility index (Phi) is 2.15. The fourth-order valence-electron chi connectivity index (χ4n) is 2.46. The molecule has 4 rings (SSSR count). The third kappa shape index (κ3) is 1.54. The lowest BCUT2D eigenvalue weighted by Crippen LogP contribution is -1.80. The number of nitrogens with zero attached hydrogens (tertiary/aromatic N) is 1. The highest BCUT2D eigenvalue weighted by Gasteiger charge is 2.11. The summed E-state index contributed by atoms with van der Waals surface area (Å²) in [5.41, 5.74) is 3.97. The highest BCUT2D eigenvalue weighted by atomic mass is 16.3. The summed E-state index contributed by atoms with van der Waals surface area (Å²) in [4.78, 5) is 4.35. The van der Waals surface area contributed by atoms with Crippen LogP contribution < -0.4 is 0 Å². The Bertz CT molecular complexity index is 862. The van der Waals surface area contributed by atoms with Crippen LogP contribution in [0.2, 0.25) is 0 Å². The van der Waals surface area contributed by atoms with E-state index in [1.807, 2.05) is 48.8 Å². The van der Waals surface area contributed by atoms with Crippen molar-refractivity contribution < 1.29 is 4.42 Å². The van der Waals surface area contributed by atoms with Crippen molar-refractivity contribution in [3.05, 3.63) is 67.0 Å². The van der Waals surface area contributed by atoms with Crippen LogP contribution in [-0.4, -0.2) is 4.98 Å². The molecule has 19 heavy (non-hydrogen) atoms. The third-order valence-electron chi connectivity index (χ3n) is 3.37. The van der Waals surface area contributed by atoms with E-state index in [-0.39, 0.29) is 0 Å². The molecule has 0 bridgehead atoms. The van der Waals surface area contributed by atoms with Gasteiger partial charge in [-0.25, -0.2) is 0 Å². The van der Waals surface area contributed by atoms with Crippen molar-refractivity contribution in [1.29, 1.82) is 0 Å². The highest BCUT2D eigenvalue weighted by Crippen LogP contribution is 2.34. The molecule has 0 atom stereocenters. The number of rotatable bonds is 1. The summed E-state index contributed by atoms with van der Waals surface area (Å²) in [6, 6.07) is 18.3. The Morgan fingerprint density at radius 1 is 0.737 bits per heavy atom. The molecule has 2 heteroatoms. The standard InChI is InChI=1S/C17H11NO/c1-2-6-12(7-3-1)14-10-18-11-15-13-8-4-5-9-16(13)19-17(14)15/h1-11H. The monoisotopic (exact) mass is 245 g/mol. The van der Waals surface area contributed by atoms with Gasteiger partial charge in [0.05, 0.1) is 0 Å². The van der Waals surface area contributed by atoms with Gasteiger partial charge in [-0.1, -0.05) is 48.5 Å². The molecule has 0 radical (unpaired) electrons. The van der Waals surface area contributed by atoms with E-state index in [1.165, 1.54) is 0 Å². The summed E-state index contributed by atoms with van der Waals surface area (Å²) in [5.74, 6) is 0. The van der Waals surface area contributed by atoms with Crippen LogP contribution >= 0.6 is 0 Å². The van der Waals surface area contributed by atoms with Crippen LogP contribution in [-0.2, 0) is 0 Å². The molecule has 0 N–H and O–H groups in total. The molecule has 4 aromatic rings. The minimum Gasteiger partial charge on any atom is -0.455 e. The fraction of sp³-hybridized carbons (Fsp3) is 0. The van der Waals surface area contributed by atoms with Gasteiger partial charge in [0.25, 0.3) is 0 Å². The normalized spacial score (nSPS) is 11.2. The maximum atomic E-state index is 6.00. The van der Waals surface area contributed by atoms with E-state index in [1.54, 1.807) is 0 Å². The van der Waals surface area contributed by atoms with E-state index in [0.717, 1.165) is 33.1 Å². The number of hydrogen-bond donors (Lipinski definition) is 0. The predicted octanol–water partition coefficient (Wildman–Crippen LogP) is 4.65. The molecule has 90 valence electrons. The van der Waals surface area contributed by atoms with Crippen molar-refractivity contribution in [2.75, 3.05) is 0 Å². The first-order chi connectivity index (χ1) is 9.43. The van der Waals surface area contributed by atoms with Gasteiger partial charge in [0.15, 0.2) is 0 Å². The highest BCUT2D eigenvalue weighted by molar-refractivity contribution is 6.08. The van der Waals surface area contributed by atoms with Crippen molar-refractivity contribution in [2.24, 2.45) is 0 Å². The van der Waals surface area contributed by atoms with Gasteiger partial charge in [0.2, 0.25) is 0 Å². The molecular formula is C17H11NO. The van der Waals surface area contributed by atoms with Crippen LogP contribution in [0.3, 0.4) is 0 Å². The van der Waals surface area contributed by atoms with E-state index in [9.17, 15) is 0 Å². The minimum absolute atomic E-state index is 0.905. The first-order valence-electron chi connectivity index (χ1n) is 6.24. The summed E-state index contributed by atoms with van der Waals surface area (Å²) in [7, 11) is 0. The Hall–Kier alpha value is -2.61. The van der Waals surface area contributed by atoms with E-state index >= 15 is 0 Å². The summed E-state index contributed by atoms with van der Waals surface area (Å²) in [5, 5.41) is 2.18. The zero-order valence-electron chi connectivity index (χ0n) is 10.2. The largest absolute Gasteiger partial charge is 0.455 e. The van der Waals surface area contributed by atoms with Crippen LogP contribution in [0.5, 0.6) is 0 Å². The topological polar surface area (TPSA) is 26.0 Å². The number of pyridine rings is 1. The van der Waals surface area contributed by atoms with Gasteiger partial charge in [-0.15, -0.1) is 0 Å². The average molecular weight is 245 g/mol. The second-order valence-corrected chi connectivity index (χ2v) is 4.53. The summed E-state index contributed by atoms with van der Waals surface area (Å²) >= 11 is 0. The fourth-order valence-corrected chi connectivity index (χ4v) is 2.46. The molecule has 2 heterocycles. The zero-order chi connectivity index (χ0) is 12.7. The van der Waals surface area contributed by atoms with Crippen LogP contribution in [0.15, 0.2) is 71.4 Å². The maximum absolute atomic E-state index is 6.00. The molecule has 0 spiro atoms. The van der Waals surface area contributed by atoms with Crippen LogP contribution in [0.1, 0.15) is 0 Å². The van der Waals surface area contributed by atoms with Gasteiger partial charge in [-0.05, 0) is 11.6 Å². The first-order valence-corrected chi connectivity index (χ1v) is 6.24. The Labute approximate surface area is 110 Å². The molecule has 2 nitrogen and oxygen atoms in total. The van der Waals surface area contributed by atoms with Crippen molar-refractivity contribution in [2.45, 2.75) is 0 Å². The molecular weight excluding hydrogens is 234 g/mol. The summed E-state index contributed by atoms with van der Waals surface area (Å²) in [6.45, 7) is 0. The molecule has 0 fully saturated rings. The second-order valence-electron chi connectivity index (χ2n) is 4.53. The van der Waals surface area contributed by atoms with E-state index < -0.39 is 0 Å². The van der Waals surface area contributed by atoms with Gasteiger partial charge in [-0.3, -0.25) is 4.98 Å². The average Bonchev–Trinajstić information content (AvgIpc) is 2.87. The van der Waals surface area contributed by atoms with E-state index in [2.05, 4.69) is 23.2 Å². The van der Waals surface area contributed by atoms with Gasteiger partial charge in [0, 0.05) is 28.7 Å². The Balaban J connectivity index is 2.13. The lowest BCUT2D eigenvalue weighted by molar-refractivity contribution is 0.669. The molecule has 0 unspecified atom stereocenters. The van der Waals surface area contributed by atoms with Crippen LogP contribution in [0.25, 0.3) is 33.1 Å². The van der Waals surface area contributed by atoms with E-state index in [4.69, 9.17) is 4.42 Å². The van der Waals surface area contributed by atoms with Crippen LogP contribution in [0.4, 0.5) is 0 Å². The van der Waals surface area contributed by atoms with Crippen molar-refractivity contribution in [3.63, 3.8) is 0 Å². The van der Waals surface area contributed by atoms with E-state index in [0.29, 0.717) is 0 Å². The summed E-state index contributed by atoms with van der Waals surface area (Å²) in [6.07, 6.45) is 3.73. The second kappa shape index (κ2) is 3.95. The molecule has 0 saturated heterocycles. The maximum Gasteiger partial charge on any atom is 0.146 e. The first kappa shape index (κ1) is 10.3. The molecule has 0 saturated carbocycles. The third-order valence-corrected chi connectivity index (χ3v) is 3.37. The number of aromatic nitrogens is 1. The Morgan fingerprint density at radius 3 is 2.42 bits per heavy atom. The lowest BCUT2D eigenvalue weighted by Gasteiger charge is -2.00. The molecule has 2 aromatic carbocycles. The number of benzene rings is 2. The molecule has 0 aliphatic heterocycles. The van der Waals surface area contributed by atoms with Gasteiger partial charge in [0.1, 0.15) is 11.2 Å². The smallest absolute Gasteiger partial charge is 0.146 e. The van der Waals surface area contributed by atoms with Crippen molar-refractivity contribution in [3.8, 4) is 11.1 Å². The molecule has 2 aromatic heterocycles. The molecule has 0 aliphatic rings. The van der Waals surface area contributed by atoms with Crippen molar-refractivity contribution >= 4 is 21.9 Å². The molecule has 0 aliphatic carbocycles. The SMILES string of the molecule is c1ccc(-c2cncc3c2oc2ccccc23)cc1. The number of hydrogen-bond acceptors (Lipinski definition) is 2. The number of para-hydroxylation sites is 1.